The molecule has 5 heteroatoms. The molecule has 50 heavy (non-hydrogen) atoms. The smallest absolute Gasteiger partial charge is 0.167 e. The number of fused-ring (bicyclic) bond motifs is 6. The Balaban J connectivity index is 1.23. The number of para-hydroxylation sites is 4. The average Bonchev–Trinajstić information content (AvgIpc) is 3.77. The molecule has 0 aliphatic rings. The van der Waals surface area contributed by atoms with Crippen molar-refractivity contribution in [1.29, 1.82) is 0 Å². The van der Waals surface area contributed by atoms with Crippen LogP contribution in [0.3, 0.4) is 0 Å². The normalized spacial score (nSPS) is 11.6. The summed E-state index contributed by atoms with van der Waals surface area (Å²) in [6.45, 7) is 0. The molecule has 0 saturated heterocycles. The molecule has 10 rings (SSSR count). The first kappa shape index (κ1) is 28.2. The van der Waals surface area contributed by atoms with E-state index in [1.54, 1.807) is 0 Å². The van der Waals surface area contributed by atoms with E-state index in [-0.39, 0.29) is 0 Å². The van der Waals surface area contributed by atoms with Crippen LogP contribution in [-0.4, -0.2) is 15.0 Å². The first-order chi connectivity index (χ1) is 24.8. The Morgan fingerprint density at radius 3 is 1.42 bits per heavy atom. The van der Waals surface area contributed by atoms with E-state index in [0.29, 0.717) is 17.5 Å². The van der Waals surface area contributed by atoms with E-state index in [2.05, 4.69) is 78.9 Å². The third-order valence-electron chi connectivity index (χ3n) is 9.33. The summed E-state index contributed by atoms with van der Waals surface area (Å²) in [5.74, 6) is 1.70. The Morgan fingerprint density at radius 2 is 0.760 bits per heavy atom. The van der Waals surface area contributed by atoms with E-state index in [0.717, 1.165) is 82.8 Å². The van der Waals surface area contributed by atoms with Gasteiger partial charge in [0, 0.05) is 38.2 Å². The second-order valence-corrected chi connectivity index (χ2v) is 12.4. The van der Waals surface area contributed by atoms with Crippen molar-refractivity contribution in [3.63, 3.8) is 0 Å². The number of rotatable bonds is 5. The van der Waals surface area contributed by atoms with E-state index in [1.807, 2.05) is 84.9 Å². The van der Waals surface area contributed by atoms with Gasteiger partial charge in [-0.15, -0.1) is 0 Å². The summed E-state index contributed by atoms with van der Waals surface area (Å²) in [6, 6.07) is 55.7. The number of benzene rings is 7. The van der Waals surface area contributed by atoms with Crippen LogP contribution in [0.25, 0.3) is 100 Å². The number of furan rings is 2. The molecule has 0 saturated carbocycles. The lowest BCUT2D eigenvalue weighted by atomic mass is 9.94. The van der Waals surface area contributed by atoms with Crippen LogP contribution < -0.4 is 0 Å². The Hall–Kier alpha value is -6.85. The van der Waals surface area contributed by atoms with Crippen LogP contribution in [0.15, 0.2) is 173 Å². The molecule has 3 aromatic heterocycles. The zero-order valence-corrected chi connectivity index (χ0v) is 26.7. The molecule has 0 spiro atoms. The lowest BCUT2D eigenvalue weighted by Crippen LogP contribution is -2.01. The molecule has 0 fully saturated rings. The molecule has 5 nitrogen and oxygen atoms in total. The van der Waals surface area contributed by atoms with Crippen molar-refractivity contribution in [2.24, 2.45) is 0 Å². The van der Waals surface area contributed by atoms with Gasteiger partial charge in [0.25, 0.3) is 0 Å². The molecule has 0 amide bonds. The largest absolute Gasteiger partial charge is 0.455 e. The molecule has 3 heterocycles. The van der Waals surface area contributed by atoms with E-state index < -0.39 is 0 Å². The molecule has 0 bridgehead atoms. The van der Waals surface area contributed by atoms with Crippen LogP contribution in [0.2, 0.25) is 0 Å². The third-order valence-corrected chi connectivity index (χ3v) is 9.33. The molecule has 10 aromatic rings. The van der Waals surface area contributed by atoms with Gasteiger partial charge in [-0.25, -0.2) is 15.0 Å². The highest BCUT2D eigenvalue weighted by Crippen LogP contribution is 2.40. The fraction of sp³-hybridized carbons (Fsp3) is 0. The Morgan fingerprint density at radius 1 is 0.300 bits per heavy atom. The Kier molecular flexibility index (Phi) is 6.42. The average molecular weight is 642 g/mol. The quantitative estimate of drug-likeness (QED) is 0.187. The number of hydrogen-bond donors (Lipinski definition) is 0. The maximum absolute atomic E-state index is 6.50. The van der Waals surface area contributed by atoms with E-state index in [1.165, 1.54) is 0 Å². The summed E-state index contributed by atoms with van der Waals surface area (Å²) >= 11 is 0. The number of aromatic nitrogens is 3. The van der Waals surface area contributed by atoms with Crippen molar-refractivity contribution < 1.29 is 8.83 Å². The highest BCUT2D eigenvalue weighted by atomic mass is 16.3. The molecule has 234 valence electrons. The monoisotopic (exact) mass is 641 g/mol. The summed E-state index contributed by atoms with van der Waals surface area (Å²) in [5, 5.41) is 4.26. The van der Waals surface area contributed by atoms with Crippen molar-refractivity contribution in [3.05, 3.63) is 164 Å². The van der Waals surface area contributed by atoms with Crippen LogP contribution in [0.4, 0.5) is 0 Å². The number of hydrogen-bond acceptors (Lipinski definition) is 5. The van der Waals surface area contributed by atoms with Crippen molar-refractivity contribution in [2.75, 3.05) is 0 Å². The standard InChI is InChI=1S/C45H27N3O2/c1-3-13-28(14-4-1)30-25-31(33-19-11-20-36-34-17-7-9-23-39(34)49-41(33)36)27-32(26-30)44-46-43(29-15-5-2-6-16-29)47-45(48-44)38-22-12-21-37-35-18-8-10-24-40(35)50-42(37)38/h1-27H. The molecule has 0 radical (unpaired) electrons. The maximum Gasteiger partial charge on any atom is 0.167 e. The summed E-state index contributed by atoms with van der Waals surface area (Å²) in [6.07, 6.45) is 0. The molecule has 0 aliphatic heterocycles. The van der Waals surface area contributed by atoms with Crippen molar-refractivity contribution >= 4 is 43.9 Å². The van der Waals surface area contributed by atoms with Crippen LogP contribution in [-0.2, 0) is 0 Å². The van der Waals surface area contributed by atoms with Crippen molar-refractivity contribution in [1.82, 2.24) is 15.0 Å². The van der Waals surface area contributed by atoms with Gasteiger partial charge in [-0.05, 0) is 53.1 Å². The predicted molar refractivity (Wildman–Crippen MR) is 202 cm³/mol. The summed E-state index contributed by atoms with van der Waals surface area (Å²) in [4.78, 5) is 15.3. The fourth-order valence-corrected chi connectivity index (χ4v) is 6.95. The van der Waals surface area contributed by atoms with E-state index >= 15 is 0 Å². The summed E-state index contributed by atoms with van der Waals surface area (Å²) in [7, 11) is 0. The molecule has 0 atom stereocenters. The molecule has 7 aromatic carbocycles. The summed E-state index contributed by atoms with van der Waals surface area (Å²) in [5.41, 5.74) is 10.0. The fourth-order valence-electron chi connectivity index (χ4n) is 6.95. The van der Waals surface area contributed by atoms with Crippen molar-refractivity contribution in [3.8, 4) is 56.4 Å². The predicted octanol–water partition coefficient (Wildman–Crippen LogP) is 12.0. The topological polar surface area (TPSA) is 65.0 Å². The molecule has 0 aliphatic carbocycles. The zero-order chi connectivity index (χ0) is 33.0. The van der Waals surface area contributed by atoms with Crippen LogP contribution in [0.5, 0.6) is 0 Å². The van der Waals surface area contributed by atoms with Gasteiger partial charge < -0.3 is 8.83 Å². The van der Waals surface area contributed by atoms with Crippen LogP contribution >= 0.6 is 0 Å². The summed E-state index contributed by atoms with van der Waals surface area (Å²) < 4.78 is 12.9. The molecule has 0 unspecified atom stereocenters. The highest BCUT2D eigenvalue weighted by molar-refractivity contribution is 6.10. The zero-order valence-electron chi connectivity index (χ0n) is 26.7. The van der Waals surface area contributed by atoms with Gasteiger partial charge in [0.05, 0.1) is 5.56 Å². The minimum Gasteiger partial charge on any atom is -0.455 e. The Bertz CT molecular complexity index is 2670. The van der Waals surface area contributed by atoms with Crippen LogP contribution in [0, 0.1) is 0 Å². The first-order valence-corrected chi connectivity index (χ1v) is 16.6. The minimum absolute atomic E-state index is 0.546. The SMILES string of the molecule is c1ccc(-c2cc(-c3nc(-c4ccccc4)nc(-c4cccc5c4oc4ccccc45)n3)cc(-c3cccc4c3oc3ccccc34)c2)cc1. The molecular formula is C45H27N3O2. The van der Waals surface area contributed by atoms with Gasteiger partial charge >= 0.3 is 0 Å². The maximum atomic E-state index is 6.50. The van der Waals surface area contributed by atoms with E-state index in [9.17, 15) is 0 Å². The first-order valence-electron chi connectivity index (χ1n) is 16.6. The lowest BCUT2D eigenvalue weighted by molar-refractivity contribution is 0.669. The van der Waals surface area contributed by atoms with Gasteiger partial charge in [0.15, 0.2) is 17.5 Å². The molecular weight excluding hydrogens is 615 g/mol. The molecule has 0 N–H and O–H groups in total. The van der Waals surface area contributed by atoms with Crippen molar-refractivity contribution in [2.45, 2.75) is 0 Å². The van der Waals surface area contributed by atoms with Gasteiger partial charge in [-0.3, -0.25) is 0 Å². The second-order valence-electron chi connectivity index (χ2n) is 12.4. The van der Waals surface area contributed by atoms with Gasteiger partial charge in [-0.1, -0.05) is 127 Å². The van der Waals surface area contributed by atoms with Gasteiger partial charge in [-0.2, -0.15) is 0 Å². The number of nitrogens with zero attached hydrogens (tertiary/aromatic N) is 3. The highest BCUT2D eigenvalue weighted by Gasteiger charge is 2.19. The third kappa shape index (κ3) is 4.67. The minimum atomic E-state index is 0.546. The lowest BCUT2D eigenvalue weighted by Gasteiger charge is -2.13. The van der Waals surface area contributed by atoms with Gasteiger partial charge in [0.2, 0.25) is 0 Å². The van der Waals surface area contributed by atoms with E-state index in [4.69, 9.17) is 23.8 Å². The second kappa shape index (κ2) is 11.4. The van der Waals surface area contributed by atoms with Crippen LogP contribution in [0.1, 0.15) is 0 Å². The Labute approximate surface area is 287 Å². The van der Waals surface area contributed by atoms with Gasteiger partial charge in [0.1, 0.15) is 22.3 Å².